The van der Waals surface area contributed by atoms with Gasteiger partial charge in [0.2, 0.25) is 5.95 Å². The summed E-state index contributed by atoms with van der Waals surface area (Å²) < 4.78 is 1.84. The second-order valence-electron chi connectivity index (χ2n) is 4.67. The molecule has 6 nitrogen and oxygen atoms in total. The second kappa shape index (κ2) is 4.38. The molecule has 3 rings (SSSR count). The Balaban J connectivity index is 1.96. The maximum Gasteiger partial charge on any atom is 0.335 e. The molecule has 1 aliphatic heterocycles. The molecule has 1 unspecified atom stereocenters. The number of nitrogens with two attached hydrogens (primary N) is 1. The monoisotopic (exact) mass is 258 g/mol. The summed E-state index contributed by atoms with van der Waals surface area (Å²) in [5.74, 6) is 0.389. The van der Waals surface area contributed by atoms with Crippen molar-refractivity contribution in [1.29, 1.82) is 0 Å². The molecule has 2 aromatic rings. The van der Waals surface area contributed by atoms with Crippen molar-refractivity contribution in [1.82, 2.24) is 14.8 Å². The zero-order chi connectivity index (χ0) is 13.4. The van der Waals surface area contributed by atoms with Crippen molar-refractivity contribution in [3.8, 4) is 0 Å². The van der Waals surface area contributed by atoms with E-state index in [1.54, 1.807) is 12.1 Å². The number of carboxylic acid groups (broad SMARTS) is 1. The van der Waals surface area contributed by atoms with Crippen LogP contribution in [0.25, 0.3) is 0 Å². The van der Waals surface area contributed by atoms with Gasteiger partial charge in [0.15, 0.2) is 0 Å². The summed E-state index contributed by atoms with van der Waals surface area (Å²) in [6, 6.07) is 6.93. The van der Waals surface area contributed by atoms with E-state index in [1.165, 1.54) is 0 Å². The Morgan fingerprint density at radius 3 is 2.79 bits per heavy atom. The Bertz CT molecular complexity index is 618. The molecule has 98 valence electrons. The first-order valence-corrected chi connectivity index (χ1v) is 6.18. The maximum atomic E-state index is 10.8. The Morgan fingerprint density at radius 1 is 1.37 bits per heavy atom. The summed E-state index contributed by atoms with van der Waals surface area (Å²) in [6.45, 7) is 0.837. The average molecular weight is 258 g/mol. The van der Waals surface area contributed by atoms with Crippen LogP contribution in [-0.4, -0.2) is 25.8 Å². The molecule has 19 heavy (non-hydrogen) atoms. The number of hydrogen-bond acceptors (Lipinski definition) is 4. The van der Waals surface area contributed by atoms with Gasteiger partial charge >= 0.3 is 5.97 Å². The van der Waals surface area contributed by atoms with Gasteiger partial charge in [0.1, 0.15) is 5.82 Å². The van der Waals surface area contributed by atoms with Crippen LogP contribution in [-0.2, 0) is 6.54 Å². The fraction of sp³-hybridized carbons (Fsp3) is 0.308. The third-order valence-electron chi connectivity index (χ3n) is 3.45. The van der Waals surface area contributed by atoms with E-state index in [4.69, 9.17) is 10.8 Å². The van der Waals surface area contributed by atoms with E-state index in [0.29, 0.717) is 11.5 Å². The summed E-state index contributed by atoms with van der Waals surface area (Å²) in [4.78, 5) is 15.1. The Kier molecular flexibility index (Phi) is 2.70. The Hall–Kier alpha value is -2.37. The summed E-state index contributed by atoms with van der Waals surface area (Å²) in [5, 5.41) is 13.1. The molecule has 6 heteroatoms. The molecule has 0 saturated heterocycles. The van der Waals surface area contributed by atoms with E-state index in [-0.39, 0.29) is 5.92 Å². The van der Waals surface area contributed by atoms with Crippen LogP contribution in [0.3, 0.4) is 0 Å². The van der Waals surface area contributed by atoms with Crippen molar-refractivity contribution in [2.75, 3.05) is 5.73 Å². The van der Waals surface area contributed by atoms with Gasteiger partial charge in [0.05, 0.1) is 5.56 Å². The number of fused-ring (bicyclic) bond motifs is 1. The molecular formula is C13H14N4O2. The van der Waals surface area contributed by atoms with E-state index < -0.39 is 5.97 Å². The van der Waals surface area contributed by atoms with Crippen LogP contribution < -0.4 is 5.73 Å². The average Bonchev–Trinajstić information content (AvgIpc) is 2.78. The minimum atomic E-state index is -0.914. The molecule has 0 saturated carbocycles. The zero-order valence-electron chi connectivity index (χ0n) is 10.3. The fourth-order valence-corrected chi connectivity index (χ4v) is 2.54. The van der Waals surface area contributed by atoms with Gasteiger partial charge in [-0.05, 0) is 30.5 Å². The van der Waals surface area contributed by atoms with Crippen LogP contribution in [0.5, 0.6) is 0 Å². The van der Waals surface area contributed by atoms with Gasteiger partial charge in [-0.1, -0.05) is 12.1 Å². The van der Waals surface area contributed by atoms with Gasteiger partial charge < -0.3 is 10.8 Å². The predicted octanol–water partition coefficient (Wildman–Crippen LogP) is 1.48. The first-order chi connectivity index (χ1) is 9.15. The second-order valence-corrected chi connectivity index (χ2v) is 4.67. The quantitative estimate of drug-likeness (QED) is 0.851. The van der Waals surface area contributed by atoms with Crippen LogP contribution >= 0.6 is 0 Å². The molecule has 0 bridgehead atoms. The highest BCUT2D eigenvalue weighted by molar-refractivity contribution is 5.87. The predicted molar refractivity (Wildman–Crippen MR) is 68.9 cm³/mol. The van der Waals surface area contributed by atoms with Gasteiger partial charge in [-0.15, -0.1) is 5.10 Å². The number of benzene rings is 1. The van der Waals surface area contributed by atoms with Crippen LogP contribution in [0, 0.1) is 0 Å². The normalized spacial score (nSPS) is 18.0. The third-order valence-corrected chi connectivity index (χ3v) is 3.45. The lowest BCUT2D eigenvalue weighted by Crippen LogP contribution is -2.18. The topological polar surface area (TPSA) is 94.0 Å². The highest BCUT2D eigenvalue weighted by atomic mass is 16.4. The minimum absolute atomic E-state index is 0.140. The minimum Gasteiger partial charge on any atom is -0.478 e. The summed E-state index contributed by atoms with van der Waals surface area (Å²) in [7, 11) is 0. The first kappa shape index (κ1) is 11.7. The van der Waals surface area contributed by atoms with Crippen LogP contribution in [0.15, 0.2) is 24.3 Å². The third kappa shape index (κ3) is 2.05. The first-order valence-electron chi connectivity index (χ1n) is 6.18. The van der Waals surface area contributed by atoms with Crippen molar-refractivity contribution < 1.29 is 9.90 Å². The largest absolute Gasteiger partial charge is 0.478 e. The smallest absolute Gasteiger partial charge is 0.335 e. The highest BCUT2D eigenvalue weighted by Crippen LogP contribution is 2.32. The van der Waals surface area contributed by atoms with Crippen molar-refractivity contribution in [2.24, 2.45) is 0 Å². The van der Waals surface area contributed by atoms with E-state index in [0.717, 1.165) is 30.8 Å². The number of nitrogen functional groups attached to an aromatic ring is 1. The molecule has 1 aromatic heterocycles. The van der Waals surface area contributed by atoms with Crippen molar-refractivity contribution in [2.45, 2.75) is 25.3 Å². The van der Waals surface area contributed by atoms with Gasteiger partial charge in [0.25, 0.3) is 0 Å². The number of carboxylic acids is 1. The van der Waals surface area contributed by atoms with Gasteiger partial charge in [-0.2, -0.15) is 4.98 Å². The van der Waals surface area contributed by atoms with E-state index in [9.17, 15) is 4.79 Å². The van der Waals surface area contributed by atoms with Crippen molar-refractivity contribution >= 4 is 11.9 Å². The van der Waals surface area contributed by atoms with Crippen molar-refractivity contribution in [3.63, 3.8) is 0 Å². The number of carbonyl (C=O) groups is 1. The van der Waals surface area contributed by atoms with E-state index in [2.05, 4.69) is 10.1 Å². The summed E-state index contributed by atoms with van der Waals surface area (Å²) in [6.07, 6.45) is 1.99. The molecule has 0 amide bonds. The lowest BCUT2D eigenvalue weighted by Gasteiger charge is -2.22. The summed E-state index contributed by atoms with van der Waals surface area (Å²) >= 11 is 0. The molecule has 0 radical (unpaired) electrons. The molecule has 1 aromatic carbocycles. The highest BCUT2D eigenvalue weighted by Gasteiger charge is 2.25. The molecule has 1 atom stereocenters. The number of hydrogen-bond donors (Lipinski definition) is 2. The van der Waals surface area contributed by atoms with Crippen LogP contribution in [0.4, 0.5) is 5.95 Å². The molecule has 0 fully saturated rings. The lowest BCUT2D eigenvalue weighted by molar-refractivity contribution is 0.0697. The molecule has 0 spiro atoms. The number of rotatable bonds is 2. The van der Waals surface area contributed by atoms with Crippen molar-refractivity contribution in [3.05, 3.63) is 41.2 Å². The fourth-order valence-electron chi connectivity index (χ4n) is 2.54. The van der Waals surface area contributed by atoms with Crippen LogP contribution in [0.1, 0.15) is 40.5 Å². The Morgan fingerprint density at radius 2 is 2.11 bits per heavy atom. The number of anilines is 1. The maximum absolute atomic E-state index is 10.8. The number of aromatic nitrogens is 3. The number of aryl methyl sites for hydroxylation is 1. The number of aromatic carboxylic acids is 1. The molecule has 3 N–H and O–H groups in total. The molecular weight excluding hydrogens is 244 g/mol. The Labute approximate surface area is 109 Å². The van der Waals surface area contributed by atoms with E-state index >= 15 is 0 Å². The lowest BCUT2D eigenvalue weighted by atomic mass is 9.91. The van der Waals surface area contributed by atoms with Gasteiger partial charge in [0, 0.05) is 12.5 Å². The van der Waals surface area contributed by atoms with Gasteiger partial charge in [-0.3, -0.25) is 0 Å². The molecule has 1 aliphatic rings. The standard InChI is InChI=1S/C13H14N4O2/c14-13-15-11-10(2-1-7-17(11)16-13)8-3-5-9(6-4-8)12(18)19/h3-6,10H,1-2,7H2,(H2,14,16)(H,18,19). The SMILES string of the molecule is Nc1nc2n(n1)CCCC2c1ccc(C(=O)O)cc1. The van der Waals surface area contributed by atoms with Crippen LogP contribution in [0.2, 0.25) is 0 Å². The van der Waals surface area contributed by atoms with Gasteiger partial charge in [-0.25, -0.2) is 9.48 Å². The zero-order valence-corrected chi connectivity index (χ0v) is 10.3. The number of nitrogens with zero attached hydrogens (tertiary/aromatic N) is 3. The molecule has 2 heterocycles. The summed E-state index contributed by atoms with van der Waals surface area (Å²) in [5.41, 5.74) is 6.99. The molecule has 0 aliphatic carbocycles. The van der Waals surface area contributed by atoms with E-state index in [1.807, 2.05) is 16.8 Å².